The summed E-state index contributed by atoms with van der Waals surface area (Å²) in [5, 5.41) is 15.2. The summed E-state index contributed by atoms with van der Waals surface area (Å²) in [5.41, 5.74) is 1.40. The summed E-state index contributed by atoms with van der Waals surface area (Å²) in [6.07, 6.45) is 0.165. The van der Waals surface area contributed by atoms with Gasteiger partial charge in [0.05, 0.1) is 11.7 Å². The largest absolute Gasteiger partial charge is 0.478 e. The first-order chi connectivity index (χ1) is 6.77. The van der Waals surface area contributed by atoms with E-state index in [1.807, 2.05) is 12.1 Å². The number of hydrogen-bond donors (Lipinski definition) is 3. The highest BCUT2D eigenvalue weighted by Gasteiger charge is 2.14. The molecule has 0 radical (unpaired) electrons. The van der Waals surface area contributed by atoms with Crippen molar-refractivity contribution in [2.75, 3.05) is 13.1 Å². The van der Waals surface area contributed by atoms with E-state index >= 15 is 0 Å². The molecule has 1 aliphatic heterocycles. The first kappa shape index (κ1) is 9.18. The fourth-order valence-corrected chi connectivity index (χ4v) is 1.56. The summed E-state index contributed by atoms with van der Waals surface area (Å²) in [5.74, 6) is -0.885. The lowest BCUT2D eigenvalue weighted by atomic mass is 10.1. The third-order valence-electron chi connectivity index (χ3n) is 2.31. The van der Waals surface area contributed by atoms with Crippen LogP contribution in [0.4, 0.5) is 0 Å². The SMILES string of the molecule is O=C(O)c1ccc(C2NCCN2)cc1. The summed E-state index contributed by atoms with van der Waals surface area (Å²) in [6, 6.07) is 6.91. The molecule has 4 heteroatoms. The van der Waals surface area contributed by atoms with Gasteiger partial charge in [-0.25, -0.2) is 4.79 Å². The molecule has 0 bridgehead atoms. The molecule has 1 fully saturated rings. The van der Waals surface area contributed by atoms with Crippen LogP contribution < -0.4 is 10.6 Å². The van der Waals surface area contributed by atoms with Gasteiger partial charge in [-0.1, -0.05) is 12.1 Å². The number of benzene rings is 1. The maximum atomic E-state index is 10.6. The van der Waals surface area contributed by atoms with Crippen LogP contribution >= 0.6 is 0 Å². The van der Waals surface area contributed by atoms with Gasteiger partial charge in [-0.05, 0) is 17.7 Å². The van der Waals surface area contributed by atoms with Gasteiger partial charge in [0.2, 0.25) is 0 Å². The number of carboxylic acids is 1. The minimum atomic E-state index is -0.885. The first-order valence-electron chi connectivity index (χ1n) is 4.57. The second-order valence-corrected chi connectivity index (χ2v) is 3.27. The van der Waals surface area contributed by atoms with E-state index in [0.29, 0.717) is 5.56 Å². The Morgan fingerprint density at radius 1 is 1.21 bits per heavy atom. The predicted octanol–water partition coefficient (Wildman–Crippen LogP) is 0.576. The van der Waals surface area contributed by atoms with Gasteiger partial charge >= 0.3 is 5.97 Å². The van der Waals surface area contributed by atoms with E-state index in [1.54, 1.807) is 12.1 Å². The van der Waals surface area contributed by atoms with Crippen LogP contribution in [0.3, 0.4) is 0 Å². The molecule has 0 aromatic heterocycles. The van der Waals surface area contributed by atoms with E-state index in [9.17, 15) is 4.79 Å². The molecule has 1 heterocycles. The molecule has 2 rings (SSSR count). The monoisotopic (exact) mass is 192 g/mol. The molecule has 14 heavy (non-hydrogen) atoms. The Morgan fingerprint density at radius 2 is 1.79 bits per heavy atom. The average molecular weight is 192 g/mol. The third-order valence-corrected chi connectivity index (χ3v) is 2.31. The van der Waals surface area contributed by atoms with Gasteiger partial charge in [-0.3, -0.25) is 10.6 Å². The second kappa shape index (κ2) is 3.77. The van der Waals surface area contributed by atoms with Crippen molar-refractivity contribution < 1.29 is 9.90 Å². The molecular formula is C10H12N2O2. The number of hydrogen-bond acceptors (Lipinski definition) is 3. The Kier molecular flexibility index (Phi) is 2.47. The van der Waals surface area contributed by atoms with Crippen molar-refractivity contribution >= 4 is 5.97 Å². The van der Waals surface area contributed by atoms with Crippen LogP contribution in [0.5, 0.6) is 0 Å². The zero-order chi connectivity index (χ0) is 9.97. The Hall–Kier alpha value is -1.39. The highest BCUT2D eigenvalue weighted by atomic mass is 16.4. The molecule has 0 amide bonds. The maximum Gasteiger partial charge on any atom is 0.335 e. The van der Waals surface area contributed by atoms with Gasteiger partial charge in [-0.2, -0.15) is 0 Å². The number of rotatable bonds is 2. The summed E-state index contributed by atoms with van der Waals surface area (Å²) in [4.78, 5) is 10.6. The van der Waals surface area contributed by atoms with Crippen LogP contribution in [0.15, 0.2) is 24.3 Å². The molecule has 0 unspecified atom stereocenters. The van der Waals surface area contributed by atoms with Crippen molar-refractivity contribution in [3.8, 4) is 0 Å². The Morgan fingerprint density at radius 3 is 2.29 bits per heavy atom. The molecule has 1 aromatic carbocycles. The van der Waals surface area contributed by atoms with Gasteiger partial charge in [-0.15, -0.1) is 0 Å². The Balaban J connectivity index is 2.16. The molecule has 1 aromatic rings. The highest BCUT2D eigenvalue weighted by Crippen LogP contribution is 2.13. The molecule has 4 nitrogen and oxygen atoms in total. The summed E-state index contributed by atoms with van der Waals surface area (Å²) in [6.45, 7) is 1.90. The van der Waals surface area contributed by atoms with E-state index < -0.39 is 5.97 Å². The minimum Gasteiger partial charge on any atom is -0.478 e. The molecule has 74 valence electrons. The van der Waals surface area contributed by atoms with Gasteiger partial charge in [0.25, 0.3) is 0 Å². The smallest absolute Gasteiger partial charge is 0.335 e. The second-order valence-electron chi connectivity index (χ2n) is 3.27. The molecule has 0 saturated carbocycles. The number of nitrogens with one attached hydrogen (secondary N) is 2. The Labute approximate surface area is 81.9 Å². The molecule has 1 aliphatic rings. The average Bonchev–Trinajstić information content (AvgIpc) is 2.71. The molecular weight excluding hydrogens is 180 g/mol. The van der Waals surface area contributed by atoms with Gasteiger partial charge in [0, 0.05) is 13.1 Å². The lowest BCUT2D eigenvalue weighted by Gasteiger charge is -2.10. The number of carboxylic acid groups (broad SMARTS) is 1. The lowest BCUT2D eigenvalue weighted by molar-refractivity contribution is 0.0697. The van der Waals surface area contributed by atoms with Crippen molar-refractivity contribution in [3.63, 3.8) is 0 Å². The standard InChI is InChI=1S/C10H12N2O2/c13-10(14)8-3-1-7(2-4-8)9-11-5-6-12-9/h1-4,9,11-12H,5-6H2,(H,13,14). The number of aromatic carboxylic acids is 1. The van der Waals surface area contributed by atoms with E-state index in [4.69, 9.17) is 5.11 Å². The van der Waals surface area contributed by atoms with E-state index in [-0.39, 0.29) is 6.17 Å². The zero-order valence-corrected chi connectivity index (χ0v) is 7.66. The van der Waals surface area contributed by atoms with Crippen LogP contribution in [0, 0.1) is 0 Å². The third kappa shape index (κ3) is 1.76. The van der Waals surface area contributed by atoms with Crippen molar-refractivity contribution in [1.29, 1.82) is 0 Å². The summed E-state index contributed by atoms with van der Waals surface area (Å²) in [7, 11) is 0. The predicted molar refractivity (Wildman–Crippen MR) is 52.1 cm³/mol. The highest BCUT2D eigenvalue weighted by molar-refractivity contribution is 5.87. The van der Waals surface area contributed by atoms with Gasteiger partial charge in [0.1, 0.15) is 0 Å². The lowest BCUT2D eigenvalue weighted by Crippen LogP contribution is -2.21. The summed E-state index contributed by atoms with van der Waals surface area (Å²) < 4.78 is 0. The molecule has 3 N–H and O–H groups in total. The van der Waals surface area contributed by atoms with Gasteiger partial charge in [0.15, 0.2) is 0 Å². The van der Waals surface area contributed by atoms with Crippen LogP contribution in [0.25, 0.3) is 0 Å². The maximum absolute atomic E-state index is 10.6. The van der Waals surface area contributed by atoms with E-state index in [2.05, 4.69) is 10.6 Å². The fourth-order valence-electron chi connectivity index (χ4n) is 1.56. The fraction of sp³-hybridized carbons (Fsp3) is 0.300. The quantitative estimate of drug-likeness (QED) is 0.641. The molecule has 0 aliphatic carbocycles. The van der Waals surface area contributed by atoms with E-state index in [0.717, 1.165) is 18.7 Å². The van der Waals surface area contributed by atoms with Crippen LogP contribution in [-0.2, 0) is 0 Å². The normalized spacial score (nSPS) is 17.1. The van der Waals surface area contributed by atoms with Gasteiger partial charge < -0.3 is 5.11 Å². The van der Waals surface area contributed by atoms with E-state index in [1.165, 1.54) is 0 Å². The number of carbonyl (C=O) groups is 1. The Bertz CT molecular complexity index is 328. The molecule has 0 atom stereocenters. The molecule has 0 spiro atoms. The van der Waals surface area contributed by atoms with Crippen LogP contribution in [-0.4, -0.2) is 24.2 Å². The topological polar surface area (TPSA) is 61.4 Å². The van der Waals surface area contributed by atoms with Crippen molar-refractivity contribution in [1.82, 2.24) is 10.6 Å². The van der Waals surface area contributed by atoms with Crippen molar-refractivity contribution in [2.24, 2.45) is 0 Å². The first-order valence-corrected chi connectivity index (χ1v) is 4.57. The van der Waals surface area contributed by atoms with Crippen LogP contribution in [0.1, 0.15) is 22.1 Å². The van der Waals surface area contributed by atoms with Crippen LogP contribution in [0.2, 0.25) is 0 Å². The zero-order valence-electron chi connectivity index (χ0n) is 7.66. The minimum absolute atomic E-state index is 0.165. The molecule has 1 saturated heterocycles. The van der Waals surface area contributed by atoms with Crippen molar-refractivity contribution in [3.05, 3.63) is 35.4 Å². The van der Waals surface area contributed by atoms with Crippen molar-refractivity contribution in [2.45, 2.75) is 6.17 Å². The summed E-state index contributed by atoms with van der Waals surface area (Å²) >= 11 is 0.